The first-order valence-corrected chi connectivity index (χ1v) is 20.0. The Hall–Kier alpha value is -5.24. The predicted molar refractivity (Wildman–Crippen MR) is 232 cm³/mol. The minimum absolute atomic E-state index is 0.184. The van der Waals surface area contributed by atoms with E-state index in [0.717, 1.165) is 96.6 Å². The van der Waals surface area contributed by atoms with Crippen molar-refractivity contribution in [3.05, 3.63) is 167 Å². The van der Waals surface area contributed by atoms with Gasteiger partial charge in [0.05, 0.1) is 0 Å². The molecule has 0 aliphatic heterocycles. The first-order valence-electron chi connectivity index (χ1n) is 20.0. The first kappa shape index (κ1) is 40.4. The molecule has 0 aliphatic rings. The maximum Gasteiger partial charge on any atom is 0.0464 e. The second-order valence-corrected chi connectivity index (χ2v) is 14.6. The SMILES string of the molecule is Cc1cc(N(c2ccc(CCCO)cc2)c2ccc(-c3ccc(N(c4ccc(CCCO)cc4)c4ccc(CCCO)c(C)c4)cc3)cc2)ccc1CCCO. The molecule has 0 aliphatic carbocycles. The molecule has 0 bridgehead atoms. The van der Waals surface area contributed by atoms with Crippen LogP contribution in [-0.2, 0) is 25.7 Å². The number of aliphatic hydroxyl groups excluding tert-OH is 4. The number of hydrogen-bond acceptors (Lipinski definition) is 6. The monoisotopic (exact) mass is 748 g/mol. The summed E-state index contributed by atoms with van der Waals surface area (Å²) in [5, 5.41) is 37.5. The van der Waals surface area contributed by atoms with Crippen LogP contribution in [0.3, 0.4) is 0 Å². The number of aliphatic hydroxyl groups is 4. The molecular weight excluding hydrogens is 693 g/mol. The average Bonchev–Trinajstić information content (AvgIpc) is 3.23. The van der Waals surface area contributed by atoms with Crippen molar-refractivity contribution in [2.24, 2.45) is 0 Å². The van der Waals surface area contributed by atoms with Crippen LogP contribution >= 0.6 is 0 Å². The summed E-state index contributed by atoms with van der Waals surface area (Å²) in [6.07, 6.45) is 6.37. The van der Waals surface area contributed by atoms with Crippen molar-refractivity contribution in [2.45, 2.75) is 65.2 Å². The Labute approximate surface area is 333 Å². The number of nitrogens with zero attached hydrogens (tertiary/aromatic N) is 2. The van der Waals surface area contributed by atoms with E-state index in [4.69, 9.17) is 0 Å². The molecule has 4 N–H and O–H groups in total. The molecule has 290 valence electrons. The Morgan fingerprint density at radius 2 is 0.625 bits per heavy atom. The first-order chi connectivity index (χ1) is 27.4. The summed E-state index contributed by atoms with van der Waals surface area (Å²) in [4.78, 5) is 4.57. The fraction of sp³-hybridized carbons (Fsp3) is 0.280. The molecule has 0 amide bonds. The summed E-state index contributed by atoms with van der Waals surface area (Å²) in [5.41, 5.74) is 16.0. The van der Waals surface area contributed by atoms with Crippen LogP contribution in [0.25, 0.3) is 11.1 Å². The van der Waals surface area contributed by atoms with E-state index in [1.165, 1.54) is 33.4 Å². The maximum atomic E-state index is 9.41. The smallest absolute Gasteiger partial charge is 0.0464 e. The molecule has 0 heterocycles. The highest BCUT2D eigenvalue weighted by Crippen LogP contribution is 2.39. The average molecular weight is 749 g/mol. The lowest BCUT2D eigenvalue weighted by molar-refractivity contribution is 0.288. The Bertz CT molecular complexity index is 1960. The lowest BCUT2D eigenvalue weighted by Crippen LogP contribution is -2.11. The standard InChI is InChI=1S/C50H56N2O4/c1-37-35-49(29-15-41(37)9-5-33-55)51(45-21-11-39(12-22-45)7-3-31-53)47-25-17-43(18-26-47)44-19-27-48(28-20-44)52(46-23-13-40(14-24-46)8-4-32-54)50-30-16-42(10-6-34-56)38(2)36-50/h11-30,35-36,53-56H,3-10,31-34H2,1-2H3. The van der Waals surface area contributed by atoms with Crippen LogP contribution in [0.5, 0.6) is 0 Å². The van der Waals surface area contributed by atoms with Crippen molar-refractivity contribution in [1.82, 2.24) is 0 Å². The number of rotatable bonds is 19. The third-order valence-corrected chi connectivity index (χ3v) is 10.6. The highest BCUT2D eigenvalue weighted by Gasteiger charge is 2.17. The van der Waals surface area contributed by atoms with Crippen molar-refractivity contribution in [3.63, 3.8) is 0 Å². The predicted octanol–water partition coefficient (Wildman–Crippen LogP) is 10.6. The molecule has 0 aromatic heterocycles. The highest BCUT2D eigenvalue weighted by molar-refractivity contribution is 5.81. The molecule has 0 saturated heterocycles. The minimum Gasteiger partial charge on any atom is -0.396 e. The van der Waals surface area contributed by atoms with E-state index < -0.39 is 0 Å². The van der Waals surface area contributed by atoms with Gasteiger partial charge in [0, 0.05) is 60.6 Å². The van der Waals surface area contributed by atoms with E-state index >= 15 is 0 Å². The van der Waals surface area contributed by atoms with Gasteiger partial charge < -0.3 is 30.2 Å². The molecule has 6 aromatic carbocycles. The van der Waals surface area contributed by atoms with Crippen molar-refractivity contribution in [2.75, 3.05) is 36.2 Å². The zero-order chi connectivity index (χ0) is 39.3. The van der Waals surface area contributed by atoms with E-state index in [1.807, 2.05) is 0 Å². The van der Waals surface area contributed by atoms with Gasteiger partial charge in [-0.25, -0.2) is 0 Å². The molecule has 0 saturated carbocycles. The summed E-state index contributed by atoms with van der Waals surface area (Å²) in [6, 6.07) is 47.9. The zero-order valence-corrected chi connectivity index (χ0v) is 32.9. The van der Waals surface area contributed by atoms with E-state index in [-0.39, 0.29) is 26.4 Å². The van der Waals surface area contributed by atoms with Gasteiger partial charge in [-0.15, -0.1) is 0 Å². The number of benzene rings is 6. The third kappa shape index (κ3) is 10.1. The van der Waals surface area contributed by atoms with Crippen LogP contribution < -0.4 is 9.80 Å². The fourth-order valence-corrected chi connectivity index (χ4v) is 7.43. The van der Waals surface area contributed by atoms with Crippen LogP contribution in [0.4, 0.5) is 34.1 Å². The maximum absolute atomic E-state index is 9.41. The van der Waals surface area contributed by atoms with Crippen LogP contribution in [0.15, 0.2) is 133 Å². The van der Waals surface area contributed by atoms with E-state index in [0.29, 0.717) is 0 Å². The van der Waals surface area contributed by atoms with Gasteiger partial charge in [-0.05, 0) is 183 Å². The zero-order valence-electron chi connectivity index (χ0n) is 32.9. The van der Waals surface area contributed by atoms with Gasteiger partial charge in [-0.2, -0.15) is 0 Å². The summed E-state index contributed by atoms with van der Waals surface area (Å²) in [7, 11) is 0. The molecule has 0 fully saturated rings. The van der Waals surface area contributed by atoms with E-state index in [2.05, 4.69) is 157 Å². The minimum atomic E-state index is 0.184. The van der Waals surface area contributed by atoms with Crippen molar-refractivity contribution >= 4 is 34.1 Å². The molecule has 0 unspecified atom stereocenters. The highest BCUT2D eigenvalue weighted by atomic mass is 16.3. The van der Waals surface area contributed by atoms with Gasteiger partial charge in [0.2, 0.25) is 0 Å². The largest absolute Gasteiger partial charge is 0.396 e. The van der Waals surface area contributed by atoms with E-state index in [9.17, 15) is 20.4 Å². The number of hydrogen-bond donors (Lipinski definition) is 4. The second kappa shape index (κ2) is 20.1. The normalized spacial score (nSPS) is 11.2. The summed E-state index contributed by atoms with van der Waals surface area (Å²) in [6.45, 7) is 5.02. The van der Waals surface area contributed by atoms with Crippen LogP contribution in [0.2, 0.25) is 0 Å². The van der Waals surface area contributed by atoms with Gasteiger partial charge in [0.1, 0.15) is 0 Å². The topological polar surface area (TPSA) is 87.4 Å². The second-order valence-electron chi connectivity index (χ2n) is 14.6. The summed E-state index contributed by atoms with van der Waals surface area (Å²) >= 11 is 0. The van der Waals surface area contributed by atoms with Gasteiger partial charge in [-0.3, -0.25) is 0 Å². The molecule has 6 rings (SSSR count). The molecule has 0 radical (unpaired) electrons. The Balaban J connectivity index is 1.30. The Morgan fingerprint density at radius 1 is 0.339 bits per heavy atom. The molecule has 6 nitrogen and oxygen atoms in total. The molecule has 56 heavy (non-hydrogen) atoms. The van der Waals surface area contributed by atoms with Crippen LogP contribution in [0.1, 0.15) is 59.1 Å². The molecule has 6 aromatic rings. The molecule has 0 atom stereocenters. The van der Waals surface area contributed by atoms with Gasteiger partial charge in [0.25, 0.3) is 0 Å². The lowest BCUT2D eigenvalue weighted by Gasteiger charge is -2.27. The van der Waals surface area contributed by atoms with Crippen LogP contribution in [0, 0.1) is 13.8 Å². The van der Waals surface area contributed by atoms with Crippen LogP contribution in [-0.4, -0.2) is 46.9 Å². The lowest BCUT2D eigenvalue weighted by atomic mass is 10.0. The van der Waals surface area contributed by atoms with Gasteiger partial charge >= 0.3 is 0 Å². The molecule has 0 spiro atoms. The quantitative estimate of drug-likeness (QED) is 0.0660. The van der Waals surface area contributed by atoms with Gasteiger partial charge in [0.15, 0.2) is 0 Å². The summed E-state index contributed by atoms with van der Waals surface area (Å²) in [5.74, 6) is 0. The molecule has 6 heteroatoms. The Kier molecular flexibility index (Phi) is 14.5. The van der Waals surface area contributed by atoms with Gasteiger partial charge in [-0.1, -0.05) is 60.7 Å². The molecular formula is C50H56N2O4. The van der Waals surface area contributed by atoms with Crippen molar-refractivity contribution in [1.29, 1.82) is 0 Å². The van der Waals surface area contributed by atoms with Crippen molar-refractivity contribution < 1.29 is 20.4 Å². The third-order valence-electron chi connectivity index (χ3n) is 10.6. The number of aryl methyl sites for hydroxylation is 6. The van der Waals surface area contributed by atoms with Crippen molar-refractivity contribution in [3.8, 4) is 11.1 Å². The Morgan fingerprint density at radius 3 is 0.929 bits per heavy atom. The fourth-order valence-electron chi connectivity index (χ4n) is 7.43. The van der Waals surface area contributed by atoms with E-state index in [1.54, 1.807) is 0 Å². The summed E-state index contributed by atoms with van der Waals surface area (Å²) < 4.78 is 0. The number of anilines is 6.